The lowest BCUT2D eigenvalue weighted by molar-refractivity contribution is -0.150. The summed E-state index contributed by atoms with van der Waals surface area (Å²) in [5, 5.41) is 23.3. The SMILES string of the molecule is CN(CCNC(=O)[C@@H](N)CC(=O)O)C(=O)Oc1ccc2c3c1O[C@H]1C(=O)CC[C@@]4(O)C[C@@H](C2)N(C)CC[C@]314. The first-order chi connectivity index (χ1) is 18.0. The van der Waals surface area contributed by atoms with Crippen molar-refractivity contribution in [1.29, 1.82) is 0 Å². The lowest BCUT2D eigenvalue weighted by Gasteiger charge is -2.49. The Balaban J connectivity index is 1.36. The van der Waals surface area contributed by atoms with Gasteiger partial charge in [0.2, 0.25) is 5.91 Å². The number of rotatable bonds is 7. The predicted molar refractivity (Wildman–Crippen MR) is 133 cm³/mol. The number of Topliss-reactive ketones (excluding diaryl/α,β-unsaturated/α-hetero) is 1. The molecule has 5 N–H and O–H groups in total. The Morgan fingerprint density at radius 3 is 2.84 bits per heavy atom. The van der Waals surface area contributed by atoms with Crippen LogP contribution in [0.5, 0.6) is 11.5 Å². The van der Waals surface area contributed by atoms with Gasteiger partial charge in [0, 0.05) is 38.2 Å². The number of carbonyl (C=O) groups is 4. The zero-order valence-electron chi connectivity index (χ0n) is 21.6. The monoisotopic (exact) mass is 530 g/mol. The molecule has 2 bridgehead atoms. The summed E-state index contributed by atoms with van der Waals surface area (Å²) in [5.74, 6) is -1.33. The van der Waals surface area contributed by atoms with E-state index in [0.717, 1.165) is 11.1 Å². The zero-order valence-corrected chi connectivity index (χ0v) is 21.6. The number of nitrogens with one attached hydrogen (secondary N) is 1. The number of likely N-dealkylation sites (N-methyl/N-ethyl adjacent to an activating group) is 2. The highest BCUT2D eigenvalue weighted by Crippen LogP contribution is 2.63. The first kappa shape index (κ1) is 26.4. The number of aliphatic carboxylic acids is 1. The number of hydrogen-bond acceptors (Lipinski definition) is 9. The molecule has 2 aliphatic heterocycles. The zero-order chi connectivity index (χ0) is 27.4. The third-order valence-corrected chi connectivity index (χ3v) is 8.74. The average molecular weight is 531 g/mol. The number of ketones is 1. The molecule has 1 aromatic carbocycles. The van der Waals surface area contributed by atoms with Crippen LogP contribution in [0.4, 0.5) is 4.79 Å². The Kier molecular flexibility index (Phi) is 6.60. The summed E-state index contributed by atoms with van der Waals surface area (Å²) < 4.78 is 12.0. The van der Waals surface area contributed by atoms with Gasteiger partial charge in [0.1, 0.15) is 0 Å². The van der Waals surface area contributed by atoms with E-state index in [1.54, 1.807) is 6.07 Å². The Hall–Kier alpha value is -3.22. The second-order valence-electron chi connectivity index (χ2n) is 11.0. The molecule has 1 aromatic rings. The molecule has 2 fully saturated rings. The van der Waals surface area contributed by atoms with Gasteiger partial charge >= 0.3 is 12.1 Å². The van der Waals surface area contributed by atoms with Gasteiger partial charge in [0.05, 0.1) is 23.5 Å². The Bertz CT molecular complexity index is 1190. The van der Waals surface area contributed by atoms with Crippen LogP contribution in [0.25, 0.3) is 0 Å². The van der Waals surface area contributed by atoms with Crippen molar-refractivity contribution >= 4 is 23.8 Å². The predicted octanol–water partition coefficient (Wildman–Crippen LogP) is -0.221. The molecule has 38 heavy (non-hydrogen) atoms. The molecular weight excluding hydrogens is 496 g/mol. The Morgan fingerprint density at radius 1 is 1.34 bits per heavy atom. The number of carbonyl (C=O) groups excluding carboxylic acids is 3. The third kappa shape index (κ3) is 4.11. The van der Waals surface area contributed by atoms with Crippen molar-refractivity contribution in [3.8, 4) is 11.5 Å². The number of carboxylic acid groups (broad SMARTS) is 1. The maximum absolute atomic E-state index is 13.1. The second-order valence-corrected chi connectivity index (χ2v) is 11.0. The molecule has 0 aromatic heterocycles. The number of fused-ring (bicyclic) bond motifs is 1. The van der Waals surface area contributed by atoms with Crippen molar-refractivity contribution in [1.82, 2.24) is 15.1 Å². The summed E-state index contributed by atoms with van der Waals surface area (Å²) in [6, 6.07) is 2.51. The van der Waals surface area contributed by atoms with Gasteiger partial charge < -0.3 is 40.5 Å². The minimum Gasteiger partial charge on any atom is -0.481 e. The van der Waals surface area contributed by atoms with Gasteiger partial charge in [-0.15, -0.1) is 0 Å². The van der Waals surface area contributed by atoms with Gasteiger partial charge in [-0.25, -0.2) is 4.79 Å². The number of likely N-dealkylation sites (tertiary alicyclic amines) is 1. The molecule has 12 nitrogen and oxygen atoms in total. The summed E-state index contributed by atoms with van der Waals surface area (Å²) in [7, 11) is 3.55. The molecule has 1 spiro atoms. The number of aliphatic hydroxyl groups is 1. The van der Waals surface area contributed by atoms with Crippen LogP contribution in [0, 0.1) is 0 Å². The average Bonchev–Trinajstić information content (AvgIpc) is 3.12. The van der Waals surface area contributed by atoms with Gasteiger partial charge in [0.15, 0.2) is 23.4 Å². The fourth-order valence-electron chi connectivity index (χ4n) is 6.67. The van der Waals surface area contributed by atoms with E-state index in [9.17, 15) is 24.3 Å². The number of ether oxygens (including phenoxy) is 2. The summed E-state index contributed by atoms with van der Waals surface area (Å²) in [6.07, 6.45) is 0.401. The van der Waals surface area contributed by atoms with E-state index in [4.69, 9.17) is 20.3 Å². The molecule has 1 saturated heterocycles. The molecule has 2 aliphatic carbocycles. The van der Waals surface area contributed by atoms with Crippen molar-refractivity contribution in [3.63, 3.8) is 0 Å². The van der Waals surface area contributed by atoms with E-state index in [-0.39, 0.29) is 37.1 Å². The summed E-state index contributed by atoms with van der Waals surface area (Å²) in [5.41, 5.74) is 5.34. The minimum atomic E-state index is -1.19. The number of nitrogens with two attached hydrogens (primary N) is 1. The largest absolute Gasteiger partial charge is 0.481 e. The molecular formula is C26H34N4O8. The van der Waals surface area contributed by atoms with Crippen molar-refractivity contribution in [2.24, 2.45) is 5.73 Å². The summed E-state index contributed by atoms with van der Waals surface area (Å²) >= 11 is 0. The lowest BCUT2D eigenvalue weighted by Crippen LogP contribution is -2.63. The first-order valence-electron chi connectivity index (χ1n) is 12.9. The molecule has 5 atom stereocenters. The van der Waals surface area contributed by atoms with Gasteiger partial charge in [-0.05, 0) is 50.9 Å². The quantitative estimate of drug-likeness (QED) is 0.369. The van der Waals surface area contributed by atoms with E-state index in [0.29, 0.717) is 38.0 Å². The molecule has 4 aliphatic rings. The number of amides is 2. The fraction of sp³-hybridized carbons (Fsp3) is 0.615. The molecule has 1 saturated carbocycles. The van der Waals surface area contributed by atoms with Crippen LogP contribution >= 0.6 is 0 Å². The maximum atomic E-state index is 13.1. The van der Waals surface area contributed by atoms with E-state index >= 15 is 0 Å². The first-order valence-corrected chi connectivity index (χ1v) is 12.9. The molecule has 12 heteroatoms. The molecule has 206 valence electrons. The van der Waals surface area contributed by atoms with Gasteiger partial charge in [-0.3, -0.25) is 14.4 Å². The summed E-state index contributed by atoms with van der Waals surface area (Å²) in [6.45, 7) is 0.852. The normalized spacial score (nSPS) is 29.9. The smallest absolute Gasteiger partial charge is 0.415 e. The maximum Gasteiger partial charge on any atom is 0.415 e. The van der Waals surface area contributed by atoms with Crippen LogP contribution in [-0.2, 0) is 26.2 Å². The minimum absolute atomic E-state index is 0.0485. The Morgan fingerprint density at radius 2 is 2.11 bits per heavy atom. The molecule has 2 heterocycles. The van der Waals surface area contributed by atoms with Crippen molar-refractivity contribution in [2.45, 2.75) is 67.7 Å². The number of nitrogens with zero attached hydrogens (tertiary/aromatic N) is 2. The molecule has 0 unspecified atom stereocenters. The fourth-order valence-corrected chi connectivity index (χ4v) is 6.67. The second kappa shape index (κ2) is 9.51. The molecule has 2 amide bonds. The van der Waals surface area contributed by atoms with Gasteiger partial charge in [0.25, 0.3) is 0 Å². The highest BCUT2D eigenvalue weighted by molar-refractivity contribution is 5.90. The van der Waals surface area contributed by atoms with Crippen LogP contribution < -0.4 is 20.5 Å². The Labute approximate surface area is 220 Å². The van der Waals surface area contributed by atoms with Gasteiger partial charge in [-0.1, -0.05) is 6.07 Å². The van der Waals surface area contributed by atoms with Crippen molar-refractivity contribution in [2.75, 3.05) is 33.7 Å². The van der Waals surface area contributed by atoms with Crippen LogP contribution in [0.3, 0.4) is 0 Å². The topological polar surface area (TPSA) is 172 Å². The van der Waals surface area contributed by atoms with Crippen molar-refractivity contribution in [3.05, 3.63) is 23.3 Å². The standard InChI is InChI=1S/C26H34N4O8/c1-29-9-7-26-20-14-3-4-18(37-24(35)30(2)10-8-28-23(34)16(27)12-19(32)33)21(20)38-22(26)17(31)5-6-25(26,36)13-15(29)11-14/h3-4,15-16,22,36H,5-13,27H2,1-2H3,(H,28,34)(H,32,33)/t15-,16+,22+,25-,26+/m1/s1. The highest BCUT2D eigenvalue weighted by atomic mass is 16.6. The van der Waals surface area contributed by atoms with E-state index in [1.165, 1.54) is 11.9 Å². The van der Waals surface area contributed by atoms with Crippen LogP contribution in [0.15, 0.2) is 12.1 Å². The molecule has 0 radical (unpaired) electrons. The van der Waals surface area contributed by atoms with Crippen LogP contribution in [0.2, 0.25) is 0 Å². The third-order valence-electron chi connectivity index (χ3n) is 8.74. The lowest BCUT2D eigenvalue weighted by atomic mass is 9.56. The van der Waals surface area contributed by atoms with E-state index < -0.39 is 47.6 Å². The molecule has 5 rings (SSSR count). The highest BCUT2D eigenvalue weighted by Gasteiger charge is 2.69. The number of carboxylic acids is 1. The number of hydrogen-bond donors (Lipinski definition) is 4. The van der Waals surface area contributed by atoms with E-state index in [1.807, 2.05) is 6.07 Å². The van der Waals surface area contributed by atoms with Crippen molar-refractivity contribution < 1.29 is 38.9 Å². The van der Waals surface area contributed by atoms with Crippen LogP contribution in [0.1, 0.15) is 43.2 Å². The summed E-state index contributed by atoms with van der Waals surface area (Å²) in [4.78, 5) is 52.2. The van der Waals surface area contributed by atoms with Crippen LogP contribution in [-0.4, -0.2) is 101 Å². The van der Waals surface area contributed by atoms with E-state index in [2.05, 4.69) is 17.3 Å². The van der Waals surface area contributed by atoms with Gasteiger partial charge in [-0.2, -0.15) is 0 Å². The number of benzene rings is 1.